The molecule has 1 aliphatic rings. The molecule has 0 aliphatic carbocycles. The van der Waals surface area contributed by atoms with Crippen LogP contribution in [-0.4, -0.2) is 56.0 Å². The van der Waals surface area contributed by atoms with Crippen LogP contribution in [0.1, 0.15) is 20.8 Å². The second-order valence-corrected chi connectivity index (χ2v) is 7.24. The van der Waals surface area contributed by atoms with Crippen molar-refractivity contribution in [2.24, 2.45) is 0 Å². The van der Waals surface area contributed by atoms with E-state index in [9.17, 15) is 13.2 Å². The summed E-state index contributed by atoms with van der Waals surface area (Å²) in [4.78, 5) is 13.2. The maximum atomic E-state index is 11.7. The Morgan fingerprint density at radius 1 is 1.25 bits per heavy atom. The topological polar surface area (TPSA) is 63.7 Å². The summed E-state index contributed by atoms with van der Waals surface area (Å²) in [6.07, 6.45) is 0. The van der Waals surface area contributed by atoms with Crippen LogP contribution in [0.5, 0.6) is 0 Å². The predicted molar refractivity (Wildman–Crippen MR) is 60.9 cm³/mol. The minimum absolute atomic E-state index is 0.0174. The fourth-order valence-electron chi connectivity index (χ4n) is 1.33. The zero-order valence-corrected chi connectivity index (χ0v) is 10.8. The summed E-state index contributed by atoms with van der Waals surface area (Å²) in [6, 6.07) is 0. The van der Waals surface area contributed by atoms with Gasteiger partial charge in [0.15, 0.2) is 9.84 Å². The molecule has 1 amide bonds. The van der Waals surface area contributed by atoms with Crippen LogP contribution in [0.3, 0.4) is 0 Å². The number of nitrogens with zero attached hydrogens (tertiary/aromatic N) is 1. The van der Waals surface area contributed by atoms with E-state index in [0.717, 1.165) is 0 Å². The number of carbonyl (C=O) groups is 1. The van der Waals surface area contributed by atoms with E-state index in [0.29, 0.717) is 0 Å². The van der Waals surface area contributed by atoms with E-state index in [2.05, 4.69) is 0 Å². The number of hydrogen-bond donors (Lipinski definition) is 0. The Labute approximate surface area is 96.7 Å². The highest BCUT2D eigenvalue weighted by Crippen LogP contribution is 2.09. The molecule has 0 aromatic heterocycles. The first kappa shape index (κ1) is 13.4. The molecule has 0 radical (unpaired) electrons. The Morgan fingerprint density at radius 2 is 1.75 bits per heavy atom. The maximum Gasteiger partial charge on any atom is 0.248 e. The van der Waals surface area contributed by atoms with Gasteiger partial charge in [0, 0.05) is 13.1 Å². The van der Waals surface area contributed by atoms with E-state index in [1.165, 1.54) is 0 Å². The van der Waals surface area contributed by atoms with Crippen LogP contribution in [0.4, 0.5) is 0 Å². The number of amides is 1. The van der Waals surface area contributed by atoms with Crippen LogP contribution in [0.25, 0.3) is 0 Å². The standard InChI is InChI=1S/C10H19NO4S/c1-10(2,3)15-8-9(12)11-4-6-16(13,14)7-5-11/h4-8H2,1-3H3. The second-order valence-electron chi connectivity index (χ2n) is 4.93. The molecular formula is C10H19NO4S. The van der Waals surface area contributed by atoms with Gasteiger partial charge in [-0.2, -0.15) is 0 Å². The molecule has 0 unspecified atom stereocenters. The minimum Gasteiger partial charge on any atom is -0.366 e. The van der Waals surface area contributed by atoms with Gasteiger partial charge in [-0.1, -0.05) is 0 Å². The van der Waals surface area contributed by atoms with Gasteiger partial charge in [-0.25, -0.2) is 8.42 Å². The van der Waals surface area contributed by atoms with Gasteiger partial charge in [0.1, 0.15) is 6.61 Å². The number of carbonyl (C=O) groups excluding carboxylic acids is 1. The molecule has 0 atom stereocenters. The molecule has 6 heteroatoms. The van der Waals surface area contributed by atoms with Crippen molar-refractivity contribution in [3.05, 3.63) is 0 Å². The third-order valence-corrected chi connectivity index (χ3v) is 3.93. The van der Waals surface area contributed by atoms with Gasteiger partial charge in [0.05, 0.1) is 17.1 Å². The summed E-state index contributed by atoms with van der Waals surface area (Å²) in [7, 11) is -2.93. The summed E-state index contributed by atoms with van der Waals surface area (Å²) in [6.45, 7) is 6.22. The lowest BCUT2D eigenvalue weighted by atomic mass is 10.2. The number of sulfone groups is 1. The average Bonchev–Trinajstić information content (AvgIpc) is 2.13. The first-order valence-corrected chi connectivity index (χ1v) is 7.14. The Morgan fingerprint density at radius 3 is 2.19 bits per heavy atom. The molecule has 0 bridgehead atoms. The first-order chi connectivity index (χ1) is 7.20. The Bertz CT molecular complexity index is 342. The summed E-state index contributed by atoms with van der Waals surface area (Å²) >= 11 is 0. The first-order valence-electron chi connectivity index (χ1n) is 5.32. The Hall–Kier alpha value is -0.620. The highest BCUT2D eigenvalue weighted by molar-refractivity contribution is 7.91. The Kier molecular flexibility index (Phi) is 3.96. The molecule has 94 valence electrons. The average molecular weight is 249 g/mol. The lowest BCUT2D eigenvalue weighted by molar-refractivity contribution is -0.140. The van der Waals surface area contributed by atoms with Crippen molar-refractivity contribution < 1.29 is 17.9 Å². The molecule has 1 saturated heterocycles. The third kappa shape index (κ3) is 4.49. The maximum absolute atomic E-state index is 11.7. The lowest BCUT2D eigenvalue weighted by Gasteiger charge is -2.28. The Balaban J connectivity index is 2.40. The summed E-state index contributed by atoms with van der Waals surface area (Å²) < 4.78 is 27.7. The van der Waals surface area contributed by atoms with E-state index in [4.69, 9.17) is 4.74 Å². The quantitative estimate of drug-likeness (QED) is 0.694. The van der Waals surface area contributed by atoms with Gasteiger partial charge in [-0.15, -0.1) is 0 Å². The number of rotatable bonds is 2. The van der Waals surface area contributed by atoms with Gasteiger partial charge < -0.3 is 9.64 Å². The third-order valence-electron chi connectivity index (χ3n) is 2.33. The lowest BCUT2D eigenvalue weighted by Crippen LogP contribution is -2.45. The molecular weight excluding hydrogens is 230 g/mol. The number of ether oxygens (including phenoxy) is 1. The zero-order valence-electron chi connectivity index (χ0n) is 10.0. The van der Waals surface area contributed by atoms with Crippen molar-refractivity contribution in [1.82, 2.24) is 4.90 Å². The minimum atomic E-state index is -2.93. The van der Waals surface area contributed by atoms with Crippen LogP contribution in [0.2, 0.25) is 0 Å². The molecule has 1 aliphatic heterocycles. The highest BCUT2D eigenvalue weighted by atomic mass is 32.2. The summed E-state index contributed by atoms with van der Waals surface area (Å²) in [5.74, 6) is -0.00693. The van der Waals surface area contributed by atoms with Crippen LogP contribution in [0.15, 0.2) is 0 Å². The van der Waals surface area contributed by atoms with Crippen molar-refractivity contribution in [2.75, 3.05) is 31.2 Å². The van der Waals surface area contributed by atoms with Gasteiger partial charge in [0.2, 0.25) is 5.91 Å². The highest BCUT2D eigenvalue weighted by Gasteiger charge is 2.25. The molecule has 1 rings (SSSR count). The van der Waals surface area contributed by atoms with E-state index in [-0.39, 0.29) is 42.7 Å². The fraction of sp³-hybridized carbons (Fsp3) is 0.900. The molecule has 0 aromatic rings. The van der Waals surface area contributed by atoms with Crippen molar-refractivity contribution in [1.29, 1.82) is 0 Å². The van der Waals surface area contributed by atoms with E-state index in [1.807, 2.05) is 20.8 Å². The van der Waals surface area contributed by atoms with Gasteiger partial charge in [0.25, 0.3) is 0 Å². The van der Waals surface area contributed by atoms with Gasteiger partial charge in [-0.05, 0) is 20.8 Å². The van der Waals surface area contributed by atoms with Gasteiger partial charge in [-0.3, -0.25) is 4.79 Å². The summed E-state index contributed by atoms with van der Waals surface area (Å²) in [5.41, 5.74) is -0.350. The zero-order chi connectivity index (χ0) is 12.4. The molecule has 0 saturated carbocycles. The molecule has 1 heterocycles. The monoisotopic (exact) mass is 249 g/mol. The normalized spacial score (nSPS) is 20.8. The predicted octanol–water partition coefficient (Wildman–Crippen LogP) is 0.0585. The second kappa shape index (κ2) is 4.71. The smallest absolute Gasteiger partial charge is 0.248 e. The molecule has 5 nitrogen and oxygen atoms in total. The van der Waals surface area contributed by atoms with Crippen LogP contribution >= 0.6 is 0 Å². The molecule has 1 fully saturated rings. The van der Waals surface area contributed by atoms with Crippen molar-refractivity contribution >= 4 is 15.7 Å². The van der Waals surface area contributed by atoms with Crippen LogP contribution in [-0.2, 0) is 19.4 Å². The van der Waals surface area contributed by atoms with Gasteiger partial charge >= 0.3 is 0 Å². The molecule has 0 aromatic carbocycles. The summed E-state index contributed by atoms with van der Waals surface area (Å²) in [5, 5.41) is 0. The molecule has 0 spiro atoms. The van der Waals surface area contributed by atoms with Crippen molar-refractivity contribution in [3.8, 4) is 0 Å². The molecule has 16 heavy (non-hydrogen) atoms. The van der Waals surface area contributed by atoms with E-state index in [1.54, 1.807) is 4.90 Å². The van der Waals surface area contributed by atoms with Crippen molar-refractivity contribution in [3.63, 3.8) is 0 Å². The van der Waals surface area contributed by atoms with E-state index < -0.39 is 9.84 Å². The largest absolute Gasteiger partial charge is 0.366 e. The molecule has 0 N–H and O–H groups in total. The van der Waals surface area contributed by atoms with Crippen LogP contribution < -0.4 is 0 Å². The van der Waals surface area contributed by atoms with Crippen molar-refractivity contribution in [2.45, 2.75) is 26.4 Å². The number of hydrogen-bond acceptors (Lipinski definition) is 4. The van der Waals surface area contributed by atoms with E-state index >= 15 is 0 Å². The van der Waals surface area contributed by atoms with Crippen LogP contribution in [0, 0.1) is 0 Å². The SMILES string of the molecule is CC(C)(C)OCC(=O)N1CCS(=O)(=O)CC1. The fourth-order valence-corrected chi connectivity index (χ4v) is 2.53.